The van der Waals surface area contributed by atoms with Crippen molar-refractivity contribution in [2.45, 2.75) is 18.9 Å². The van der Waals surface area contributed by atoms with Crippen LogP contribution in [-0.2, 0) is 0 Å². The van der Waals surface area contributed by atoms with E-state index < -0.39 is 0 Å². The summed E-state index contributed by atoms with van der Waals surface area (Å²) in [7, 11) is 3.31. The molecule has 5 heteroatoms. The molecule has 0 radical (unpaired) electrons. The molecule has 1 aliphatic heterocycles. The predicted molar refractivity (Wildman–Crippen MR) is 74.5 cm³/mol. The number of rotatable bonds is 3. The maximum atomic E-state index is 5.32. The van der Waals surface area contributed by atoms with Crippen molar-refractivity contribution in [3.63, 3.8) is 0 Å². The van der Waals surface area contributed by atoms with Crippen LogP contribution >= 0.6 is 28.3 Å². The van der Waals surface area contributed by atoms with E-state index in [-0.39, 0.29) is 12.4 Å². The summed E-state index contributed by atoms with van der Waals surface area (Å²) in [5.41, 5.74) is 1.25. The zero-order valence-electron chi connectivity index (χ0n) is 9.96. The second-order valence-corrected chi connectivity index (χ2v) is 4.73. The summed E-state index contributed by atoms with van der Waals surface area (Å²) in [6.07, 6.45) is 2.40. The SMILES string of the molecule is COc1cc(Br)c([C@@H]2CCCN2)cc1OC.Cl. The van der Waals surface area contributed by atoms with E-state index in [0.29, 0.717) is 6.04 Å². The summed E-state index contributed by atoms with van der Waals surface area (Å²) in [6.45, 7) is 1.09. The molecule has 1 aromatic carbocycles. The van der Waals surface area contributed by atoms with Crippen LogP contribution in [0.5, 0.6) is 11.5 Å². The van der Waals surface area contributed by atoms with Gasteiger partial charge in [0.2, 0.25) is 0 Å². The fraction of sp³-hybridized carbons (Fsp3) is 0.500. The Labute approximate surface area is 116 Å². The van der Waals surface area contributed by atoms with Gasteiger partial charge in [0.1, 0.15) is 0 Å². The van der Waals surface area contributed by atoms with Crippen LogP contribution in [0.4, 0.5) is 0 Å². The van der Waals surface area contributed by atoms with Crippen molar-refractivity contribution in [3.05, 3.63) is 22.2 Å². The first-order chi connectivity index (χ1) is 7.76. The summed E-state index contributed by atoms with van der Waals surface area (Å²) in [5.74, 6) is 1.55. The number of benzene rings is 1. The van der Waals surface area contributed by atoms with E-state index in [2.05, 4.69) is 21.2 Å². The van der Waals surface area contributed by atoms with Crippen molar-refractivity contribution in [3.8, 4) is 11.5 Å². The van der Waals surface area contributed by atoms with E-state index in [4.69, 9.17) is 9.47 Å². The fourth-order valence-corrected chi connectivity index (χ4v) is 2.69. The Kier molecular flexibility index (Phi) is 5.56. The van der Waals surface area contributed by atoms with Gasteiger partial charge in [-0.25, -0.2) is 0 Å². The molecule has 0 aromatic heterocycles. The van der Waals surface area contributed by atoms with Gasteiger partial charge in [-0.05, 0) is 37.1 Å². The quantitative estimate of drug-likeness (QED) is 0.926. The molecule has 1 atom stereocenters. The predicted octanol–water partition coefficient (Wildman–Crippen LogP) is 3.31. The Morgan fingerprint density at radius 3 is 2.41 bits per heavy atom. The first-order valence-electron chi connectivity index (χ1n) is 5.41. The van der Waals surface area contributed by atoms with Crippen molar-refractivity contribution in [2.75, 3.05) is 20.8 Å². The van der Waals surface area contributed by atoms with E-state index in [1.807, 2.05) is 12.1 Å². The van der Waals surface area contributed by atoms with Gasteiger partial charge in [-0.1, -0.05) is 15.9 Å². The molecule has 1 N–H and O–H groups in total. The molecule has 0 saturated carbocycles. The zero-order valence-corrected chi connectivity index (χ0v) is 12.4. The van der Waals surface area contributed by atoms with Crippen molar-refractivity contribution < 1.29 is 9.47 Å². The highest BCUT2D eigenvalue weighted by molar-refractivity contribution is 9.10. The second kappa shape index (κ2) is 6.47. The lowest BCUT2D eigenvalue weighted by molar-refractivity contribution is 0.353. The fourth-order valence-electron chi connectivity index (χ4n) is 2.09. The molecule has 0 unspecified atom stereocenters. The molecule has 0 amide bonds. The minimum atomic E-state index is 0. The molecule has 1 aliphatic rings. The third-order valence-corrected chi connectivity index (χ3v) is 3.63. The van der Waals surface area contributed by atoms with Crippen molar-refractivity contribution in [1.29, 1.82) is 0 Å². The summed E-state index contributed by atoms with van der Waals surface area (Å²) in [6, 6.07) is 4.44. The van der Waals surface area contributed by atoms with Crippen LogP contribution < -0.4 is 14.8 Å². The lowest BCUT2D eigenvalue weighted by Crippen LogP contribution is -2.13. The smallest absolute Gasteiger partial charge is 0.161 e. The molecule has 0 bridgehead atoms. The molecule has 17 heavy (non-hydrogen) atoms. The van der Waals surface area contributed by atoms with Crippen LogP contribution in [0.1, 0.15) is 24.4 Å². The Morgan fingerprint density at radius 2 is 1.88 bits per heavy atom. The monoisotopic (exact) mass is 321 g/mol. The van der Waals surface area contributed by atoms with Gasteiger partial charge in [0, 0.05) is 10.5 Å². The van der Waals surface area contributed by atoms with Crippen LogP contribution in [0.2, 0.25) is 0 Å². The Bertz CT molecular complexity index is 381. The van der Waals surface area contributed by atoms with Crippen LogP contribution in [0.15, 0.2) is 16.6 Å². The Morgan fingerprint density at radius 1 is 1.24 bits per heavy atom. The van der Waals surface area contributed by atoms with Crippen LogP contribution in [0.25, 0.3) is 0 Å². The number of halogens is 2. The average Bonchev–Trinajstić information content (AvgIpc) is 2.82. The lowest BCUT2D eigenvalue weighted by Gasteiger charge is -2.16. The van der Waals surface area contributed by atoms with Gasteiger partial charge in [0.05, 0.1) is 14.2 Å². The molecule has 1 fully saturated rings. The molecular formula is C12H17BrClNO2. The number of nitrogens with one attached hydrogen (secondary N) is 1. The van der Waals surface area contributed by atoms with E-state index in [1.54, 1.807) is 14.2 Å². The third-order valence-electron chi connectivity index (χ3n) is 2.94. The van der Waals surface area contributed by atoms with Gasteiger partial charge in [-0.15, -0.1) is 12.4 Å². The topological polar surface area (TPSA) is 30.5 Å². The standard InChI is InChI=1S/C12H16BrNO2.ClH/c1-15-11-6-8(10-4-3-5-14-10)9(13)7-12(11)16-2;/h6-7,10,14H,3-5H2,1-2H3;1H/t10-;/m0./s1. The molecule has 1 heterocycles. The van der Waals surface area contributed by atoms with Crippen molar-refractivity contribution >= 4 is 28.3 Å². The van der Waals surface area contributed by atoms with Gasteiger partial charge in [0.25, 0.3) is 0 Å². The van der Waals surface area contributed by atoms with E-state index >= 15 is 0 Å². The normalized spacial score (nSPS) is 18.6. The molecule has 0 spiro atoms. The highest BCUT2D eigenvalue weighted by Gasteiger charge is 2.20. The van der Waals surface area contributed by atoms with Crippen LogP contribution in [0.3, 0.4) is 0 Å². The van der Waals surface area contributed by atoms with Crippen LogP contribution in [0, 0.1) is 0 Å². The lowest BCUT2D eigenvalue weighted by atomic mass is 10.0. The zero-order chi connectivity index (χ0) is 11.5. The van der Waals surface area contributed by atoms with Gasteiger partial charge >= 0.3 is 0 Å². The maximum Gasteiger partial charge on any atom is 0.161 e. The van der Waals surface area contributed by atoms with Crippen molar-refractivity contribution in [1.82, 2.24) is 5.32 Å². The minimum Gasteiger partial charge on any atom is -0.493 e. The van der Waals surface area contributed by atoms with Crippen LogP contribution in [-0.4, -0.2) is 20.8 Å². The molecular weight excluding hydrogens is 305 g/mol. The van der Waals surface area contributed by atoms with Gasteiger partial charge < -0.3 is 14.8 Å². The first-order valence-corrected chi connectivity index (χ1v) is 6.20. The summed E-state index contributed by atoms with van der Waals surface area (Å²) in [4.78, 5) is 0. The highest BCUT2D eigenvalue weighted by atomic mass is 79.9. The first kappa shape index (κ1) is 14.6. The van der Waals surface area contributed by atoms with Gasteiger partial charge in [0.15, 0.2) is 11.5 Å². The second-order valence-electron chi connectivity index (χ2n) is 3.88. The molecule has 3 nitrogen and oxygen atoms in total. The van der Waals surface area contributed by atoms with E-state index in [9.17, 15) is 0 Å². The number of hydrogen-bond acceptors (Lipinski definition) is 3. The highest BCUT2D eigenvalue weighted by Crippen LogP contribution is 2.38. The molecule has 1 aromatic rings. The molecule has 0 aliphatic carbocycles. The largest absolute Gasteiger partial charge is 0.493 e. The molecule has 1 saturated heterocycles. The van der Waals surface area contributed by atoms with Gasteiger partial charge in [-0.3, -0.25) is 0 Å². The number of ether oxygens (including phenoxy) is 2. The van der Waals surface area contributed by atoms with Gasteiger partial charge in [-0.2, -0.15) is 0 Å². The minimum absolute atomic E-state index is 0. The van der Waals surface area contributed by atoms with E-state index in [0.717, 1.165) is 22.5 Å². The number of hydrogen-bond donors (Lipinski definition) is 1. The average molecular weight is 323 g/mol. The Balaban J connectivity index is 0.00000144. The summed E-state index contributed by atoms with van der Waals surface area (Å²) >= 11 is 3.59. The number of methoxy groups -OCH3 is 2. The molecule has 2 rings (SSSR count). The molecule has 96 valence electrons. The summed E-state index contributed by atoms with van der Waals surface area (Å²) < 4.78 is 11.7. The maximum absolute atomic E-state index is 5.32. The van der Waals surface area contributed by atoms with E-state index in [1.165, 1.54) is 18.4 Å². The third kappa shape index (κ3) is 3.06. The summed E-state index contributed by atoms with van der Waals surface area (Å²) in [5, 5.41) is 3.48. The van der Waals surface area contributed by atoms with Crippen molar-refractivity contribution in [2.24, 2.45) is 0 Å². The Hall–Kier alpha value is -0.450.